The number of para-hydroxylation sites is 2. The molecule has 0 bridgehead atoms. The zero-order valence-electron chi connectivity index (χ0n) is 19.3. The Kier molecular flexibility index (Phi) is 4.96. The number of hydrogen-bond donors (Lipinski definition) is 1. The number of hydrogen-bond acceptors (Lipinski definition) is 4. The number of methoxy groups -OCH3 is 1. The molecule has 1 N–H and O–H groups in total. The fraction of sp³-hybridized carbons (Fsp3) is 0.0667. The van der Waals surface area contributed by atoms with Crippen molar-refractivity contribution in [1.82, 2.24) is 4.98 Å². The highest BCUT2D eigenvalue weighted by Gasteiger charge is 2.18. The predicted octanol–water partition coefficient (Wildman–Crippen LogP) is 7.37. The standard InChI is InChI=1S/C30H22N2O3/c1-18-11-13-19(14-12-18)25-15-23(20-7-3-5-9-24(20)31-25)30(33)32-26-17-28-22(16-29(26)34-2)21-8-4-6-10-27(21)35-28/h3-17H,1-2H3,(H,32,33). The lowest BCUT2D eigenvalue weighted by Gasteiger charge is -2.13. The van der Waals surface area contributed by atoms with Crippen molar-refractivity contribution in [1.29, 1.82) is 0 Å². The van der Waals surface area contributed by atoms with Crippen LogP contribution >= 0.6 is 0 Å². The van der Waals surface area contributed by atoms with Gasteiger partial charge in [0.05, 0.1) is 29.6 Å². The van der Waals surface area contributed by atoms with Gasteiger partial charge in [-0.25, -0.2) is 4.98 Å². The minimum atomic E-state index is -0.245. The zero-order valence-corrected chi connectivity index (χ0v) is 19.3. The number of aromatic nitrogens is 1. The summed E-state index contributed by atoms with van der Waals surface area (Å²) in [6.45, 7) is 2.04. The van der Waals surface area contributed by atoms with E-state index in [1.54, 1.807) is 7.11 Å². The molecule has 0 aliphatic carbocycles. The molecule has 170 valence electrons. The molecule has 0 saturated heterocycles. The van der Waals surface area contributed by atoms with Crippen LogP contribution in [0.5, 0.6) is 5.75 Å². The molecule has 0 spiro atoms. The number of nitrogens with zero attached hydrogens (tertiary/aromatic N) is 1. The van der Waals surface area contributed by atoms with Crippen LogP contribution in [-0.4, -0.2) is 18.0 Å². The van der Waals surface area contributed by atoms with Gasteiger partial charge in [0.2, 0.25) is 0 Å². The van der Waals surface area contributed by atoms with E-state index in [-0.39, 0.29) is 5.91 Å². The second-order valence-corrected chi connectivity index (χ2v) is 8.54. The van der Waals surface area contributed by atoms with Gasteiger partial charge in [-0.2, -0.15) is 0 Å². The van der Waals surface area contributed by atoms with E-state index in [2.05, 4.69) is 5.32 Å². The van der Waals surface area contributed by atoms with Gasteiger partial charge in [-0.15, -0.1) is 0 Å². The quantitative estimate of drug-likeness (QED) is 0.299. The van der Waals surface area contributed by atoms with Crippen LogP contribution in [0.25, 0.3) is 44.1 Å². The van der Waals surface area contributed by atoms with Gasteiger partial charge in [0.25, 0.3) is 5.91 Å². The number of aryl methyl sites for hydroxylation is 1. The predicted molar refractivity (Wildman–Crippen MR) is 140 cm³/mol. The molecule has 4 aromatic carbocycles. The van der Waals surface area contributed by atoms with E-state index in [9.17, 15) is 4.79 Å². The number of nitrogens with one attached hydrogen (secondary N) is 1. The summed E-state index contributed by atoms with van der Waals surface area (Å²) in [7, 11) is 1.59. The summed E-state index contributed by atoms with van der Waals surface area (Å²) in [5.74, 6) is 0.320. The van der Waals surface area contributed by atoms with Crippen LogP contribution in [0.1, 0.15) is 15.9 Å². The molecule has 0 saturated carbocycles. The molecule has 1 amide bonds. The minimum Gasteiger partial charge on any atom is -0.495 e. The number of furan rings is 1. The molecule has 0 aliphatic heterocycles. The number of anilines is 1. The number of fused-ring (bicyclic) bond motifs is 4. The van der Waals surface area contributed by atoms with Gasteiger partial charge >= 0.3 is 0 Å². The molecule has 35 heavy (non-hydrogen) atoms. The number of benzene rings is 4. The molecular weight excluding hydrogens is 436 g/mol. The largest absolute Gasteiger partial charge is 0.495 e. The SMILES string of the molecule is COc1cc2c(cc1NC(=O)c1cc(-c3ccc(C)cc3)nc3ccccc13)oc1ccccc12. The summed E-state index contributed by atoms with van der Waals surface area (Å²) in [6.07, 6.45) is 0. The maximum atomic E-state index is 13.6. The van der Waals surface area contributed by atoms with Crippen molar-refractivity contribution in [3.8, 4) is 17.0 Å². The molecule has 6 rings (SSSR count). The summed E-state index contributed by atoms with van der Waals surface area (Å²) < 4.78 is 11.7. The van der Waals surface area contributed by atoms with Crippen LogP contribution in [-0.2, 0) is 0 Å². The molecule has 0 radical (unpaired) electrons. The molecule has 5 heteroatoms. The van der Waals surface area contributed by atoms with Gasteiger partial charge in [-0.1, -0.05) is 66.2 Å². The highest BCUT2D eigenvalue weighted by atomic mass is 16.5. The van der Waals surface area contributed by atoms with Crippen LogP contribution in [0, 0.1) is 6.92 Å². The Morgan fingerprint density at radius 2 is 1.57 bits per heavy atom. The molecule has 5 nitrogen and oxygen atoms in total. The van der Waals surface area contributed by atoms with Crippen molar-refractivity contribution >= 4 is 44.4 Å². The molecule has 2 heterocycles. The first-order chi connectivity index (χ1) is 17.1. The first kappa shape index (κ1) is 20.9. The van der Waals surface area contributed by atoms with Crippen LogP contribution < -0.4 is 10.1 Å². The third-order valence-corrected chi connectivity index (χ3v) is 6.26. The maximum Gasteiger partial charge on any atom is 0.256 e. The van der Waals surface area contributed by atoms with Crippen molar-refractivity contribution < 1.29 is 13.9 Å². The van der Waals surface area contributed by atoms with E-state index >= 15 is 0 Å². The number of carbonyl (C=O) groups is 1. The highest BCUT2D eigenvalue weighted by molar-refractivity contribution is 6.15. The van der Waals surface area contributed by atoms with Gasteiger partial charge in [-0.3, -0.25) is 4.79 Å². The molecule has 0 fully saturated rings. The Bertz CT molecular complexity index is 1730. The van der Waals surface area contributed by atoms with Crippen molar-refractivity contribution in [2.24, 2.45) is 0 Å². The molecule has 6 aromatic rings. The molecule has 2 aromatic heterocycles. The lowest BCUT2D eigenvalue weighted by atomic mass is 10.0. The maximum absolute atomic E-state index is 13.6. The van der Waals surface area contributed by atoms with Gasteiger partial charge in [0, 0.05) is 27.8 Å². The Balaban J connectivity index is 1.45. The fourth-order valence-electron chi connectivity index (χ4n) is 4.44. The summed E-state index contributed by atoms with van der Waals surface area (Å²) >= 11 is 0. The highest BCUT2D eigenvalue weighted by Crippen LogP contribution is 2.37. The number of rotatable bonds is 4. The second-order valence-electron chi connectivity index (χ2n) is 8.54. The van der Waals surface area contributed by atoms with E-state index in [1.165, 1.54) is 5.56 Å². The smallest absolute Gasteiger partial charge is 0.256 e. The van der Waals surface area contributed by atoms with Crippen molar-refractivity contribution in [3.05, 3.63) is 102 Å². The molecule has 0 atom stereocenters. The first-order valence-electron chi connectivity index (χ1n) is 11.4. The van der Waals surface area contributed by atoms with E-state index in [0.717, 1.165) is 38.5 Å². The Morgan fingerprint density at radius 1 is 0.829 bits per heavy atom. The number of ether oxygens (including phenoxy) is 1. The van der Waals surface area contributed by atoms with Gasteiger partial charge in [0.1, 0.15) is 16.9 Å². The van der Waals surface area contributed by atoms with E-state index < -0.39 is 0 Å². The van der Waals surface area contributed by atoms with E-state index in [0.29, 0.717) is 22.6 Å². The average molecular weight is 459 g/mol. The third kappa shape index (κ3) is 3.67. The summed E-state index contributed by atoms with van der Waals surface area (Å²) in [4.78, 5) is 18.4. The monoisotopic (exact) mass is 458 g/mol. The van der Waals surface area contributed by atoms with Gasteiger partial charge < -0.3 is 14.5 Å². The van der Waals surface area contributed by atoms with E-state index in [4.69, 9.17) is 14.1 Å². The summed E-state index contributed by atoms with van der Waals surface area (Å²) in [6, 6.07) is 29.2. The topological polar surface area (TPSA) is 64.4 Å². The fourth-order valence-corrected chi connectivity index (χ4v) is 4.44. The molecule has 0 aliphatic rings. The normalized spacial score (nSPS) is 11.3. The van der Waals surface area contributed by atoms with Crippen LogP contribution in [0.3, 0.4) is 0 Å². The van der Waals surface area contributed by atoms with Crippen molar-refractivity contribution in [3.63, 3.8) is 0 Å². The number of pyridine rings is 1. The second kappa shape index (κ2) is 8.29. The Labute approximate surface area is 202 Å². The first-order valence-corrected chi connectivity index (χ1v) is 11.4. The Hall–Kier alpha value is -4.64. The summed E-state index contributed by atoms with van der Waals surface area (Å²) in [5, 5.41) is 5.76. The zero-order chi connectivity index (χ0) is 23.9. The van der Waals surface area contributed by atoms with Crippen molar-refractivity contribution in [2.45, 2.75) is 6.92 Å². The van der Waals surface area contributed by atoms with Crippen LogP contribution in [0.15, 0.2) is 95.4 Å². The summed E-state index contributed by atoms with van der Waals surface area (Å²) in [5.41, 5.74) is 6.18. The van der Waals surface area contributed by atoms with E-state index in [1.807, 2.05) is 97.9 Å². The van der Waals surface area contributed by atoms with Crippen LogP contribution in [0.2, 0.25) is 0 Å². The lowest BCUT2D eigenvalue weighted by molar-refractivity contribution is 0.102. The van der Waals surface area contributed by atoms with Gasteiger partial charge in [-0.05, 0) is 31.2 Å². The lowest BCUT2D eigenvalue weighted by Crippen LogP contribution is -2.14. The van der Waals surface area contributed by atoms with Gasteiger partial charge in [0.15, 0.2) is 0 Å². The van der Waals surface area contributed by atoms with Crippen molar-refractivity contribution in [2.75, 3.05) is 12.4 Å². The van der Waals surface area contributed by atoms with Crippen LogP contribution in [0.4, 0.5) is 5.69 Å². The number of carbonyl (C=O) groups excluding carboxylic acids is 1. The average Bonchev–Trinajstić information content (AvgIpc) is 3.25. The number of amides is 1. The minimum absolute atomic E-state index is 0.245. The third-order valence-electron chi connectivity index (χ3n) is 6.26. The molecular formula is C30H22N2O3. The Morgan fingerprint density at radius 3 is 2.37 bits per heavy atom. The molecule has 0 unspecified atom stereocenters.